The minimum absolute atomic E-state index is 0.374. The standard InChI is InChI=1S/C8H16N2O5S2/c1-17-8(16)10-9-2-4(12)6(14)7(15)5(13)3-11/h2,4-7,11-15H,3H2,1H3,(H,10,16)/b9-2+/t4-,5+,6+,7-/m1/s1. The molecule has 0 saturated carbocycles. The van der Waals surface area contributed by atoms with Gasteiger partial charge in [-0.3, -0.25) is 5.43 Å². The second-order valence-corrected chi connectivity index (χ2v) is 4.59. The molecule has 0 aliphatic rings. The molecule has 0 aliphatic heterocycles. The fourth-order valence-corrected chi connectivity index (χ4v) is 1.03. The van der Waals surface area contributed by atoms with Gasteiger partial charge in [0.25, 0.3) is 0 Å². The van der Waals surface area contributed by atoms with Crippen LogP contribution in [0.2, 0.25) is 0 Å². The fraction of sp³-hybridized carbons (Fsp3) is 0.750. The molecule has 0 saturated heterocycles. The molecule has 0 unspecified atom stereocenters. The van der Waals surface area contributed by atoms with Gasteiger partial charge in [-0.1, -0.05) is 24.0 Å². The first kappa shape index (κ1) is 16.7. The average Bonchev–Trinajstić information content (AvgIpc) is 2.35. The zero-order chi connectivity index (χ0) is 13.4. The summed E-state index contributed by atoms with van der Waals surface area (Å²) in [6, 6.07) is 0. The molecule has 0 spiro atoms. The summed E-state index contributed by atoms with van der Waals surface area (Å²) in [4.78, 5) is 0. The number of hydrazone groups is 1. The Morgan fingerprint density at radius 3 is 2.41 bits per heavy atom. The van der Waals surface area contributed by atoms with Crippen LogP contribution in [0.25, 0.3) is 0 Å². The molecule has 4 atom stereocenters. The Morgan fingerprint density at radius 2 is 1.94 bits per heavy atom. The van der Waals surface area contributed by atoms with Gasteiger partial charge < -0.3 is 25.5 Å². The van der Waals surface area contributed by atoms with Crippen molar-refractivity contribution in [2.24, 2.45) is 5.10 Å². The van der Waals surface area contributed by atoms with Crippen molar-refractivity contribution in [3.8, 4) is 0 Å². The second kappa shape index (κ2) is 8.75. The monoisotopic (exact) mass is 284 g/mol. The maximum absolute atomic E-state index is 9.38. The average molecular weight is 284 g/mol. The lowest BCUT2D eigenvalue weighted by Crippen LogP contribution is -2.46. The molecule has 0 aromatic heterocycles. The summed E-state index contributed by atoms with van der Waals surface area (Å²) in [6.07, 6.45) is -3.70. The highest BCUT2D eigenvalue weighted by atomic mass is 32.2. The van der Waals surface area contributed by atoms with Gasteiger partial charge in [-0.2, -0.15) is 5.10 Å². The number of aliphatic hydroxyl groups is 5. The van der Waals surface area contributed by atoms with Crippen molar-refractivity contribution in [2.75, 3.05) is 12.9 Å². The molecule has 0 heterocycles. The van der Waals surface area contributed by atoms with E-state index in [1.165, 1.54) is 11.8 Å². The molecule has 0 rings (SSSR count). The summed E-state index contributed by atoms with van der Waals surface area (Å²) in [5.74, 6) is 0. The molecule has 0 fully saturated rings. The van der Waals surface area contributed by atoms with Crippen LogP contribution in [0, 0.1) is 0 Å². The SMILES string of the molecule is CSC(=S)N/N=C/[C@@H](O)[C@H](O)[C@H](O)[C@@H](O)CO. The van der Waals surface area contributed by atoms with Gasteiger partial charge in [0.05, 0.1) is 12.8 Å². The van der Waals surface area contributed by atoms with Crippen LogP contribution < -0.4 is 5.43 Å². The largest absolute Gasteiger partial charge is 0.394 e. The van der Waals surface area contributed by atoms with Crippen LogP contribution in [-0.4, -0.2) is 73.3 Å². The Balaban J connectivity index is 4.21. The molecular formula is C8H16N2O5S2. The van der Waals surface area contributed by atoms with Gasteiger partial charge in [0.1, 0.15) is 24.4 Å². The van der Waals surface area contributed by atoms with Gasteiger partial charge >= 0.3 is 0 Å². The predicted molar refractivity (Wildman–Crippen MR) is 68.9 cm³/mol. The normalized spacial score (nSPS) is 18.7. The summed E-state index contributed by atoms with van der Waals surface area (Å²) < 4.78 is 0.374. The van der Waals surface area contributed by atoms with Crippen LogP contribution in [0.5, 0.6) is 0 Å². The minimum Gasteiger partial charge on any atom is -0.394 e. The lowest BCUT2D eigenvalue weighted by atomic mass is 10.0. The highest BCUT2D eigenvalue weighted by Gasteiger charge is 2.29. The molecule has 100 valence electrons. The molecule has 0 aromatic carbocycles. The number of aliphatic hydroxyl groups excluding tert-OH is 5. The summed E-state index contributed by atoms with van der Waals surface area (Å²) in [5, 5.41) is 49.2. The number of rotatable bonds is 6. The lowest BCUT2D eigenvalue weighted by molar-refractivity contribution is -0.0999. The molecule has 6 N–H and O–H groups in total. The van der Waals surface area contributed by atoms with Crippen LogP contribution >= 0.6 is 24.0 Å². The van der Waals surface area contributed by atoms with Gasteiger partial charge in [0.2, 0.25) is 0 Å². The van der Waals surface area contributed by atoms with Gasteiger partial charge in [0.15, 0.2) is 4.32 Å². The molecule has 9 heteroatoms. The molecular weight excluding hydrogens is 268 g/mol. The first-order chi connectivity index (χ1) is 7.93. The van der Waals surface area contributed by atoms with E-state index in [2.05, 4.69) is 10.5 Å². The Morgan fingerprint density at radius 1 is 1.35 bits per heavy atom. The summed E-state index contributed by atoms with van der Waals surface area (Å²) in [7, 11) is 0. The number of thioether (sulfide) groups is 1. The molecule has 7 nitrogen and oxygen atoms in total. The van der Waals surface area contributed by atoms with E-state index in [0.29, 0.717) is 4.32 Å². The lowest BCUT2D eigenvalue weighted by Gasteiger charge is -2.23. The molecule has 0 amide bonds. The minimum atomic E-state index is -1.67. The van der Waals surface area contributed by atoms with E-state index >= 15 is 0 Å². The zero-order valence-electron chi connectivity index (χ0n) is 9.09. The smallest absolute Gasteiger partial charge is 0.153 e. The van der Waals surface area contributed by atoms with Gasteiger partial charge in [-0.05, 0) is 6.26 Å². The van der Waals surface area contributed by atoms with Crippen molar-refractivity contribution in [3.63, 3.8) is 0 Å². The van der Waals surface area contributed by atoms with Crippen molar-refractivity contribution in [2.45, 2.75) is 24.4 Å². The first-order valence-corrected chi connectivity index (χ1v) is 6.27. The van der Waals surface area contributed by atoms with Crippen molar-refractivity contribution in [1.82, 2.24) is 5.43 Å². The Kier molecular flexibility index (Phi) is 8.60. The van der Waals surface area contributed by atoms with Crippen molar-refractivity contribution in [1.29, 1.82) is 0 Å². The van der Waals surface area contributed by atoms with Crippen LogP contribution in [0.4, 0.5) is 0 Å². The molecule has 0 radical (unpaired) electrons. The van der Waals surface area contributed by atoms with E-state index in [1.54, 1.807) is 6.26 Å². The molecule has 0 aromatic rings. The Labute approximate surface area is 108 Å². The number of nitrogens with one attached hydrogen (secondary N) is 1. The topological polar surface area (TPSA) is 126 Å². The van der Waals surface area contributed by atoms with E-state index in [1.807, 2.05) is 0 Å². The van der Waals surface area contributed by atoms with E-state index in [9.17, 15) is 15.3 Å². The van der Waals surface area contributed by atoms with Gasteiger partial charge in [-0.25, -0.2) is 0 Å². The maximum Gasteiger partial charge on any atom is 0.153 e. The number of nitrogens with zero attached hydrogens (tertiary/aromatic N) is 1. The van der Waals surface area contributed by atoms with Gasteiger partial charge in [-0.15, -0.1) is 0 Å². The number of hydrogen-bond donors (Lipinski definition) is 6. The summed E-state index contributed by atoms with van der Waals surface area (Å²) in [6.45, 7) is -0.725. The predicted octanol–water partition coefficient (Wildman–Crippen LogP) is -2.35. The van der Waals surface area contributed by atoms with Crippen LogP contribution in [-0.2, 0) is 0 Å². The fourth-order valence-electron chi connectivity index (χ4n) is 0.838. The third kappa shape index (κ3) is 6.27. The van der Waals surface area contributed by atoms with E-state index in [0.717, 1.165) is 6.21 Å². The van der Waals surface area contributed by atoms with Crippen LogP contribution in [0.1, 0.15) is 0 Å². The van der Waals surface area contributed by atoms with E-state index in [-0.39, 0.29) is 0 Å². The third-order valence-electron chi connectivity index (χ3n) is 1.85. The highest BCUT2D eigenvalue weighted by molar-refractivity contribution is 8.22. The number of hydrogen-bond acceptors (Lipinski definition) is 8. The molecule has 17 heavy (non-hydrogen) atoms. The van der Waals surface area contributed by atoms with E-state index in [4.69, 9.17) is 22.4 Å². The zero-order valence-corrected chi connectivity index (χ0v) is 10.7. The maximum atomic E-state index is 9.38. The first-order valence-electron chi connectivity index (χ1n) is 4.64. The molecule has 0 aliphatic carbocycles. The number of thiocarbonyl (C=S) groups is 1. The third-order valence-corrected chi connectivity index (χ3v) is 2.90. The van der Waals surface area contributed by atoms with Crippen molar-refractivity contribution >= 4 is 34.5 Å². The quantitative estimate of drug-likeness (QED) is 0.182. The van der Waals surface area contributed by atoms with E-state index < -0.39 is 31.0 Å². The van der Waals surface area contributed by atoms with Crippen molar-refractivity contribution in [3.05, 3.63) is 0 Å². The summed E-state index contributed by atoms with van der Waals surface area (Å²) in [5.41, 5.74) is 2.40. The van der Waals surface area contributed by atoms with Crippen LogP contribution in [0.3, 0.4) is 0 Å². The Hall–Kier alpha value is -0.290. The summed E-state index contributed by atoms with van der Waals surface area (Å²) >= 11 is 6.00. The molecule has 0 bridgehead atoms. The Bertz CT molecular complexity index is 266. The van der Waals surface area contributed by atoms with Gasteiger partial charge in [0, 0.05) is 0 Å². The van der Waals surface area contributed by atoms with Crippen LogP contribution in [0.15, 0.2) is 5.10 Å². The second-order valence-electron chi connectivity index (χ2n) is 3.10. The highest BCUT2D eigenvalue weighted by Crippen LogP contribution is 2.03. The van der Waals surface area contributed by atoms with Crippen molar-refractivity contribution < 1.29 is 25.5 Å².